The number of carbonyl (C=O) groups is 2. The van der Waals surface area contributed by atoms with E-state index in [0.29, 0.717) is 16.5 Å². The van der Waals surface area contributed by atoms with Crippen LogP contribution >= 0.6 is 11.6 Å². The van der Waals surface area contributed by atoms with Gasteiger partial charge in [0.25, 0.3) is 0 Å². The van der Waals surface area contributed by atoms with Gasteiger partial charge in [-0.15, -0.1) is 0 Å². The molecule has 1 aromatic rings. The summed E-state index contributed by atoms with van der Waals surface area (Å²) in [6, 6.07) is 5.32. The number of hydrogen-bond donors (Lipinski definition) is 0. The fourth-order valence-corrected chi connectivity index (χ4v) is 3.39. The van der Waals surface area contributed by atoms with Gasteiger partial charge in [-0.05, 0) is 43.9 Å². The quantitative estimate of drug-likeness (QED) is 0.815. The van der Waals surface area contributed by atoms with Crippen LogP contribution in [0.3, 0.4) is 0 Å². The SMILES string of the molecule is CCC1CCCCN1C(=O)CN(C(C)=O)c1cc(Cl)ccc1OC. The molecule has 132 valence electrons. The van der Waals surface area contributed by atoms with Crippen molar-refractivity contribution in [3.05, 3.63) is 23.2 Å². The summed E-state index contributed by atoms with van der Waals surface area (Å²) >= 11 is 6.06. The molecule has 1 fully saturated rings. The van der Waals surface area contributed by atoms with Crippen molar-refractivity contribution >= 4 is 29.1 Å². The lowest BCUT2D eigenvalue weighted by Gasteiger charge is -2.36. The smallest absolute Gasteiger partial charge is 0.242 e. The first-order valence-corrected chi connectivity index (χ1v) is 8.76. The number of benzene rings is 1. The average molecular weight is 353 g/mol. The van der Waals surface area contributed by atoms with E-state index in [9.17, 15) is 9.59 Å². The van der Waals surface area contributed by atoms with Crippen molar-refractivity contribution in [3.63, 3.8) is 0 Å². The summed E-state index contributed by atoms with van der Waals surface area (Å²) in [6.07, 6.45) is 4.14. The highest BCUT2D eigenvalue weighted by atomic mass is 35.5. The van der Waals surface area contributed by atoms with E-state index < -0.39 is 0 Å². The summed E-state index contributed by atoms with van der Waals surface area (Å²) in [4.78, 5) is 28.3. The van der Waals surface area contributed by atoms with E-state index >= 15 is 0 Å². The van der Waals surface area contributed by atoms with Crippen LogP contribution in [-0.4, -0.2) is 43.0 Å². The molecule has 1 saturated heterocycles. The van der Waals surface area contributed by atoms with Gasteiger partial charge in [-0.3, -0.25) is 14.5 Å². The lowest BCUT2D eigenvalue weighted by Crippen LogP contribution is -2.48. The summed E-state index contributed by atoms with van der Waals surface area (Å²) < 4.78 is 5.32. The first kappa shape index (κ1) is 18.6. The van der Waals surface area contributed by atoms with Crippen LogP contribution in [0.25, 0.3) is 0 Å². The van der Waals surface area contributed by atoms with E-state index in [1.54, 1.807) is 18.2 Å². The second kappa shape index (κ2) is 8.38. The minimum Gasteiger partial charge on any atom is -0.495 e. The fraction of sp³-hybridized carbons (Fsp3) is 0.556. The predicted octanol–water partition coefficient (Wildman–Crippen LogP) is 3.49. The number of piperidine rings is 1. The van der Waals surface area contributed by atoms with Crippen molar-refractivity contribution in [3.8, 4) is 5.75 Å². The molecule has 0 saturated carbocycles. The molecule has 0 aliphatic carbocycles. The Morgan fingerprint density at radius 1 is 1.38 bits per heavy atom. The van der Waals surface area contributed by atoms with E-state index in [2.05, 4.69) is 6.92 Å². The van der Waals surface area contributed by atoms with E-state index in [0.717, 1.165) is 32.2 Å². The summed E-state index contributed by atoms with van der Waals surface area (Å²) in [5.41, 5.74) is 0.524. The molecule has 6 heteroatoms. The van der Waals surface area contributed by atoms with E-state index in [-0.39, 0.29) is 24.4 Å². The molecule has 0 radical (unpaired) electrons. The molecular formula is C18H25ClN2O3. The summed E-state index contributed by atoms with van der Waals surface area (Å²) in [5.74, 6) is 0.279. The molecule has 0 spiro atoms. The zero-order chi connectivity index (χ0) is 17.7. The van der Waals surface area contributed by atoms with Crippen molar-refractivity contribution in [2.75, 3.05) is 25.1 Å². The van der Waals surface area contributed by atoms with Crippen LogP contribution in [0, 0.1) is 0 Å². The Morgan fingerprint density at radius 3 is 2.75 bits per heavy atom. The number of hydrogen-bond acceptors (Lipinski definition) is 3. The summed E-state index contributed by atoms with van der Waals surface area (Å²) in [6.45, 7) is 4.30. The minimum absolute atomic E-state index is 0.00252. The monoisotopic (exact) mass is 352 g/mol. The number of amides is 2. The van der Waals surface area contributed by atoms with Gasteiger partial charge >= 0.3 is 0 Å². The lowest BCUT2D eigenvalue weighted by molar-refractivity contribution is -0.134. The highest BCUT2D eigenvalue weighted by molar-refractivity contribution is 6.31. The van der Waals surface area contributed by atoms with Gasteiger partial charge in [-0.1, -0.05) is 18.5 Å². The largest absolute Gasteiger partial charge is 0.495 e. The number of methoxy groups -OCH3 is 1. The van der Waals surface area contributed by atoms with Crippen LogP contribution in [0.1, 0.15) is 39.5 Å². The average Bonchev–Trinajstić information content (AvgIpc) is 2.59. The van der Waals surface area contributed by atoms with Crippen molar-refractivity contribution < 1.29 is 14.3 Å². The molecule has 5 nitrogen and oxygen atoms in total. The molecule has 0 N–H and O–H groups in total. The van der Waals surface area contributed by atoms with Crippen molar-refractivity contribution in [1.29, 1.82) is 0 Å². The van der Waals surface area contributed by atoms with Crippen LogP contribution in [0.15, 0.2) is 18.2 Å². The molecule has 1 heterocycles. The third-order valence-corrected chi connectivity index (χ3v) is 4.76. The third-order valence-electron chi connectivity index (χ3n) is 4.52. The molecule has 0 bridgehead atoms. The van der Waals surface area contributed by atoms with E-state index in [1.165, 1.54) is 18.9 Å². The maximum absolute atomic E-state index is 12.8. The number of anilines is 1. The highest BCUT2D eigenvalue weighted by Crippen LogP contribution is 2.31. The lowest BCUT2D eigenvalue weighted by atomic mass is 10.00. The second-order valence-electron chi connectivity index (χ2n) is 6.07. The Hall–Kier alpha value is -1.75. The molecule has 1 aromatic carbocycles. The Bertz CT molecular complexity index is 606. The number of rotatable bonds is 5. The molecule has 1 unspecified atom stereocenters. The first-order chi connectivity index (χ1) is 11.5. The Morgan fingerprint density at radius 2 is 2.12 bits per heavy atom. The van der Waals surface area contributed by atoms with Crippen molar-refractivity contribution in [2.24, 2.45) is 0 Å². The van der Waals surface area contributed by atoms with E-state index in [4.69, 9.17) is 16.3 Å². The van der Waals surface area contributed by atoms with Gasteiger partial charge in [0.2, 0.25) is 11.8 Å². The highest BCUT2D eigenvalue weighted by Gasteiger charge is 2.28. The van der Waals surface area contributed by atoms with Crippen molar-refractivity contribution in [2.45, 2.75) is 45.6 Å². The Kier molecular flexibility index (Phi) is 6.49. The van der Waals surface area contributed by atoms with Gasteiger partial charge in [0.05, 0.1) is 12.8 Å². The maximum atomic E-state index is 12.8. The van der Waals surface area contributed by atoms with Gasteiger partial charge < -0.3 is 9.64 Å². The minimum atomic E-state index is -0.214. The fourth-order valence-electron chi connectivity index (χ4n) is 3.22. The molecule has 24 heavy (non-hydrogen) atoms. The van der Waals surface area contributed by atoms with E-state index in [1.807, 2.05) is 4.90 Å². The van der Waals surface area contributed by atoms with Crippen LogP contribution < -0.4 is 9.64 Å². The molecule has 2 rings (SSSR count). The number of likely N-dealkylation sites (tertiary alicyclic amines) is 1. The predicted molar refractivity (Wildman–Crippen MR) is 95.7 cm³/mol. The van der Waals surface area contributed by atoms with Crippen LogP contribution in [-0.2, 0) is 9.59 Å². The molecular weight excluding hydrogens is 328 g/mol. The molecule has 0 aromatic heterocycles. The van der Waals surface area contributed by atoms with Gasteiger partial charge in [-0.2, -0.15) is 0 Å². The van der Waals surface area contributed by atoms with Gasteiger partial charge in [0, 0.05) is 24.5 Å². The van der Waals surface area contributed by atoms with Crippen LogP contribution in [0.4, 0.5) is 5.69 Å². The number of nitrogens with zero attached hydrogens (tertiary/aromatic N) is 2. The number of carbonyl (C=O) groups excluding carboxylic acids is 2. The van der Waals surface area contributed by atoms with Crippen LogP contribution in [0.5, 0.6) is 5.75 Å². The summed E-state index contributed by atoms with van der Waals surface area (Å²) in [5, 5.41) is 0.494. The van der Waals surface area contributed by atoms with Crippen LogP contribution in [0.2, 0.25) is 5.02 Å². The third kappa shape index (κ3) is 4.20. The normalized spacial score (nSPS) is 17.5. The topological polar surface area (TPSA) is 49.9 Å². The molecule has 1 atom stereocenters. The van der Waals surface area contributed by atoms with Gasteiger partial charge in [0.15, 0.2) is 0 Å². The molecule has 1 aliphatic heterocycles. The zero-order valence-electron chi connectivity index (χ0n) is 14.5. The van der Waals surface area contributed by atoms with Gasteiger partial charge in [0.1, 0.15) is 12.3 Å². The van der Waals surface area contributed by atoms with Gasteiger partial charge in [-0.25, -0.2) is 0 Å². The second-order valence-corrected chi connectivity index (χ2v) is 6.50. The Balaban J connectivity index is 2.24. The number of halogens is 1. The summed E-state index contributed by atoms with van der Waals surface area (Å²) in [7, 11) is 1.53. The Labute approximate surface area is 148 Å². The first-order valence-electron chi connectivity index (χ1n) is 8.39. The standard InChI is InChI=1S/C18H25ClN2O3/c1-4-15-7-5-6-10-20(15)18(23)12-21(13(2)22)16-11-14(19)8-9-17(16)24-3/h8-9,11,15H,4-7,10,12H2,1-3H3. The number of ether oxygens (including phenoxy) is 1. The molecule has 2 amide bonds. The maximum Gasteiger partial charge on any atom is 0.242 e. The van der Waals surface area contributed by atoms with Crippen molar-refractivity contribution in [1.82, 2.24) is 4.90 Å². The molecule has 1 aliphatic rings. The zero-order valence-corrected chi connectivity index (χ0v) is 15.3.